The highest BCUT2D eigenvalue weighted by atomic mass is 16.5. The Bertz CT molecular complexity index is 181. The normalized spacial score (nSPS) is 20.4. The molecule has 1 aliphatic carbocycles. The summed E-state index contributed by atoms with van der Waals surface area (Å²) in [6, 6.07) is 0. The number of hydrogen-bond donors (Lipinski definition) is 1. The number of aliphatic hydroxyl groups is 1. The van der Waals surface area contributed by atoms with Gasteiger partial charge in [0.1, 0.15) is 0 Å². The zero-order chi connectivity index (χ0) is 11.6. The van der Waals surface area contributed by atoms with Crippen molar-refractivity contribution in [3.05, 3.63) is 12.2 Å². The number of allylic oxidation sites excluding steroid dienone is 1. The SMILES string of the molecule is CC(O)CCCC=CCOC1CCCCC1. The molecule has 1 aliphatic rings. The molecule has 0 spiro atoms. The molecule has 2 heteroatoms. The molecule has 16 heavy (non-hydrogen) atoms. The average Bonchev–Trinajstić information content (AvgIpc) is 2.29. The van der Waals surface area contributed by atoms with E-state index in [0.29, 0.717) is 6.10 Å². The number of unbranched alkanes of at least 4 members (excludes halogenated alkanes) is 1. The lowest BCUT2D eigenvalue weighted by Gasteiger charge is -2.21. The lowest BCUT2D eigenvalue weighted by atomic mass is 9.98. The van der Waals surface area contributed by atoms with Gasteiger partial charge in [-0.3, -0.25) is 0 Å². The highest BCUT2D eigenvalue weighted by Gasteiger charge is 2.12. The number of rotatable bonds is 7. The van der Waals surface area contributed by atoms with Gasteiger partial charge in [-0.1, -0.05) is 31.4 Å². The summed E-state index contributed by atoms with van der Waals surface area (Å²) in [5.74, 6) is 0. The second-order valence-electron chi connectivity index (χ2n) is 4.84. The van der Waals surface area contributed by atoms with Crippen molar-refractivity contribution >= 4 is 0 Å². The van der Waals surface area contributed by atoms with E-state index < -0.39 is 0 Å². The van der Waals surface area contributed by atoms with Crippen LogP contribution in [0.4, 0.5) is 0 Å². The molecular weight excluding hydrogens is 200 g/mol. The van der Waals surface area contributed by atoms with Crippen molar-refractivity contribution in [2.75, 3.05) is 6.61 Å². The Hall–Kier alpha value is -0.340. The largest absolute Gasteiger partial charge is 0.393 e. The third kappa shape index (κ3) is 7.02. The maximum absolute atomic E-state index is 9.08. The van der Waals surface area contributed by atoms with Gasteiger partial charge in [0.15, 0.2) is 0 Å². The molecule has 0 heterocycles. The maximum Gasteiger partial charge on any atom is 0.0651 e. The molecular formula is C14H26O2. The Kier molecular flexibility index (Phi) is 7.52. The standard InChI is InChI=1S/C14H26O2/c1-13(15)9-5-2-3-8-12-16-14-10-6-4-7-11-14/h3,8,13-15H,2,4-7,9-12H2,1H3. The topological polar surface area (TPSA) is 29.5 Å². The minimum Gasteiger partial charge on any atom is -0.393 e. The summed E-state index contributed by atoms with van der Waals surface area (Å²) < 4.78 is 5.77. The molecule has 1 saturated carbocycles. The van der Waals surface area contributed by atoms with Gasteiger partial charge in [0.2, 0.25) is 0 Å². The van der Waals surface area contributed by atoms with Crippen LogP contribution in [0.25, 0.3) is 0 Å². The molecule has 0 bridgehead atoms. The summed E-state index contributed by atoms with van der Waals surface area (Å²) in [5, 5.41) is 9.08. The molecule has 0 amide bonds. The van der Waals surface area contributed by atoms with Gasteiger partial charge >= 0.3 is 0 Å². The van der Waals surface area contributed by atoms with Crippen molar-refractivity contribution in [1.29, 1.82) is 0 Å². The van der Waals surface area contributed by atoms with Crippen molar-refractivity contribution < 1.29 is 9.84 Å². The summed E-state index contributed by atoms with van der Waals surface area (Å²) in [6.45, 7) is 2.61. The van der Waals surface area contributed by atoms with Crippen molar-refractivity contribution in [1.82, 2.24) is 0 Å². The van der Waals surface area contributed by atoms with Crippen LogP contribution in [-0.4, -0.2) is 23.9 Å². The summed E-state index contributed by atoms with van der Waals surface area (Å²) in [7, 11) is 0. The summed E-state index contributed by atoms with van der Waals surface area (Å²) in [4.78, 5) is 0. The molecule has 1 atom stereocenters. The van der Waals surface area contributed by atoms with Gasteiger partial charge in [-0.05, 0) is 39.0 Å². The lowest BCUT2D eigenvalue weighted by Crippen LogP contribution is -2.16. The van der Waals surface area contributed by atoms with E-state index in [0.717, 1.165) is 25.9 Å². The van der Waals surface area contributed by atoms with Crippen LogP contribution in [0.3, 0.4) is 0 Å². The predicted octanol–water partition coefficient (Wildman–Crippen LogP) is 3.44. The van der Waals surface area contributed by atoms with Crippen molar-refractivity contribution in [3.63, 3.8) is 0 Å². The van der Waals surface area contributed by atoms with E-state index in [4.69, 9.17) is 9.84 Å². The van der Waals surface area contributed by atoms with Crippen LogP contribution in [0.2, 0.25) is 0 Å². The maximum atomic E-state index is 9.08. The monoisotopic (exact) mass is 226 g/mol. The molecule has 94 valence electrons. The fourth-order valence-corrected chi connectivity index (χ4v) is 2.14. The van der Waals surface area contributed by atoms with Gasteiger partial charge in [0.25, 0.3) is 0 Å². The fraction of sp³-hybridized carbons (Fsp3) is 0.857. The van der Waals surface area contributed by atoms with Gasteiger partial charge < -0.3 is 9.84 Å². The van der Waals surface area contributed by atoms with Crippen LogP contribution in [0, 0.1) is 0 Å². The van der Waals surface area contributed by atoms with Gasteiger partial charge in [0.05, 0.1) is 18.8 Å². The molecule has 0 aromatic heterocycles. The summed E-state index contributed by atoms with van der Waals surface area (Å²) in [6.07, 6.45) is 14.2. The minimum atomic E-state index is -0.160. The summed E-state index contributed by atoms with van der Waals surface area (Å²) in [5.41, 5.74) is 0. The third-order valence-electron chi connectivity index (χ3n) is 3.14. The van der Waals surface area contributed by atoms with Gasteiger partial charge in [-0.15, -0.1) is 0 Å². The van der Waals surface area contributed by atoms with Crippen LogP contribution in [0.5, 0.6) is 0 Å². The number of hydrogen-bond acceptors (Lipinski definition) is 2. The first-order valence-electron chi connectivity index (χ1n) is 6.73. The Labute approximate surface area is 99.7 Å². The van der Waals surface area contributed by atoms with Gasteiger partial charge in [0, 0.05) is 0 Å². The van der Waals surface area contributed by atoms with Crippen LogP contribution in [-0.2, 0) is 4.74 Å². The van der Waals surface area contributed by atoms with Crippen LogP contribution < -0.4 is 0 Å². The number of ether oxygens (including phenoxy) is 1. The van der Waals surface area contributed by atoms with Gasteiger partial charge in [-0.2, -0.15) is 0 Å². The van der Waals surface area contributed by atoms with E-state index in [1.165, 1.54) is 32.1 Å². The molecule has 1 N–H and O–H groups in total. The molecule has 0 aromatic rings. The second-order valence-corrected chi connectivity index (χ2v) is 4.84. The van der Waals surface area contributed by atoms with Crippen LogP contribution >= 0.6 is 0 Å². The highest BCUT2D eigenvalue weighted by Crippen LogP contribution is 2.20. The van der Waals surface area contributed by atoms with Crippen molar-refractivity contribution in [2.45, 2.75) is 70.5 Å². The molecule has 1 fully saturated rings. The van der Waals surface area contributed by atoms with Gasteiger partial charge in [-0.25, -0.2) is 0 Å². The Morgan fingerprint density at radius 2 is 2.00 bits per heavy atom. The fourth-order valence-electron chi connectivity index (χ4n) is 2.14. The van der Waals surface area contributed by atoms with Crippen LogP contribution in [0.15, 0.2) is 12.2 Å². The quantitative estimate of drug-likeness (QED) is 0.532. The zero-order valence-electron chi connectivity index (χ0n) is 10.5. The third-order valence-corrected chi connectivity index (χ3v) is 3.14. The second kappa shape index (κ2) is 8.77. The Balaban J connectivity index is 1.91. The van der Waals surface area contributed by atoms with E-state index in [2.05, 4.69) is 12.2 Å². The van der Waals surface area contributed by atoms with E-state index in [-0.39, 0.29) is 6.10 Å². The highest BCUT2D eigenvalue weighted by molar-refractivity contribution is 4.82. The smallest absolute Gasteiger partial charge is 0.0651 e. The first-order chi connectivity index (χ1) is 7.79. The van der Waals surface area contributed by atoms with E-state index >= 15 is 0 Å². The van der Waals surface area contributed by atoms with E-state index in [1.807, 2.05) is 6.92 Å². The lowest BCUT2D eigenvalue weighted by molar-refractivity contribution is 0.0465. The van der Waals surface area contributed by atoms with E-state index in [9.17, 15) is 0 Å². The molecule has 0 radical (unpaired) electrons. The molecule has 0 aliphatic heterocycles. The molecule has 2 nitrogen and oxygen atoms in total. The van der Waals surface area contributed by atoms with Crippen molar-refractivity contribution in [3.8, 4) is 0 Å². The molecule has 0 saturated heterocycles. The average molecular weight is 226 g/mol. The Morgan fingerprint density at radius 3 is 2.69 bits per heavy atom. The molecule has 1 unspecified atom stereocenters. The zero-order valence-corrected chi connectivity index (χ0v) is 10.5. The molecule has 0 aromatic carbocycles. The summed E-state index contributed by atoms with van der Waals surface area (Å²) >= 11 is 0. The van der Waals surface area contributed by atoms with E-state index in [1.54, 1.807) is 0 Å². The predicted molar refractivity (Wildman–Crippen MR) is 67.5 cm³/mol. The van der Waals surface area contributed by atoms with Crippen LogP contribution in [0.1, 0.15) is 58.3 Å². The first-order valence-corrected chi connectivity index (χ1v) is 6.73. The minimum absolute atomic E-state index is 0.160. The number of aliphatic hydroxyl groups excluding tert-OH is 1. The Morgan fingerprint density at radius 1 is 1.25 bits per heavy atom. The van der Waals surface area contributed by atoms with Crippen molar-refractivity contribution in [2.24, 2.45) is 0 Å². The molecule has 1 rings (SSSR count). The first kappa shape index (κ1) is 13.7.